The van der Waals surface area contributed by atoms with Crippen LogP contribution in [0.4, 0.5) is 0 Å². The van der Waals surface area contributed by atoms with E-state index in [2.05, 4.69) is 197 Å². The van der Waals surface area contributed by atoms with Crippen LogP contribution in [0.25, 0.3) is 110 Å². The SMILES string of the molecule is c1ccc(-n2c3ccc(-c4ccc5c(c4)c4ccccc4n5-c4cc5ccccc5c5ccccc45)cc3c3c4cccc5c4c(cc32)-c2ccccc2O5)cc1. The predicted octanol–water partition coefficient (Wildman–Crippen LogP) is 14.8. The number of hydrogen-bond donors (Lipinski definition) is 0. The summed E-state index contributed by atoms with van der Waals surface area (Å²) in [4.78, 5) is 0. The maximum absolute atomic E-state index is 6.54. The fourth-order valence-corrected chi connectivity index (χ4v) is 9.82. The van der Waals surface area contributed by atoms with Crippen LogP contribution in [0.2, 0.25) is 0 Å². The first-order chi connectivity index (χ1) is 28.3. The molecule has 57 heavy (non-hydrogen) atoms. The largest absolute Gasteiger partial charge is 0.456 e. The zero-order chi connectivity index (χ0) is 37.2. The highest BCUT2D eigenvalue weighted by molar-refractivity contribution is 6.26. The van der Waals surface area contributed by atoms with Crippen LogP contribution in [0.3, 0.4) is 0 Å². The molecule has 0 saturated heterocycles. The van der Waals surface area contributed by atoms with Gasteiger partial charge in [-0.15, -0.1) is 0 Å². The maximum Gasteiger partial charge on any atom is 0.135 e. The third-order valence-corrected chi connectivity index (χ3v) is 12.3. The molecular formula is C54H32N2O. The maximum atomic E-state index is 6.54. The fraction of sp³-hybridized carbons (Fsp3) is 0. The molecule has 0 aliphatic carbocycles. The normalized spacial score (nSPS) is 12.4. The highest BCUT2D eigenvalue weighted by Gasteiger charge is 2.25. The summed E-state index contributed by atoms with van der Waals surface area (Å²) in [7, 11) is 0. The van der Waals surface area contributed by atoms with Crippen LogP contribution < -0.4 is 4.74 Å². The summed E-state index contributed by atoms with van der Waals surface area (Å²) in [5.41, 5.74) is 11.8. The Labute approximate surface area is 327 Å². The van der Waals surface area contributed by atoms with E-state index < -0.39 is 0 Å². The van der Waals surface area contributed by atoms with E-state index in [1.54, 1.807) is 0 Å². The van der Waals surface area contributed by atoms with E-state index in [1.807, 2.05) is 6.07 Å². The van der Waals surface area contributed by atoms with Gasteiger partial charge in [0.05, 0.1) is 27.8 Å². The van der Waals surface area contributed by atoms with Crippen molar-refractivity contribution in [3.05, 3.63) is 194 Å². The van der Waals surface area contributed by atoms with Crippen molar-refractivity contribution in [1.82, 2.24) is 9.13 Å². The monoisotopic (exact) mass is 724 g/mol. The summed E-state index contributed by atoms with van der Waals surface area (Å²) in [5.74, 6) is 1.80. The molecule has 3 nitrogen and oxygen atoms in total. The van der Waals surface area contributed by atoms with E-state index in [0.29, 0.717) is 0 Å². The third-order valence-electron chi connectivity index (χ3n) is 12.3. The predicted molar refractivity (Wildman–Crippen MR) is 239 cm³/mol. The number of para-hydroxylation sites is 3. The van der Waals surface area contributed by atoms with Gasteiger partial charge in [-0.3, -0.25) is 0 Å². The molecule has 13 rings (SSSR count). The van der Waals surface area contributed by atoms with Crippen molar-refractivity contribution in [1.29, 1.82) is 0 Å². The first kappa shape index (κ1) is 30.7. The van der Waals surface area contributed by atoms with Gasteiger partial charge in [-0.1, -0.05) is 127 Å². The molecule has 12 aromatic rings. The van der Waals surface area contributed by atoms with Crippen molar-refractivity contribution in [2.45, 2.75) is 0 Å². The molecule has 0 unspecified atom stereocenters. The third kappa shape index (κ3) is 4.26. The van der Waals surface area contributed by atoms with Crippen molar-refractivity contribution < 1.29 is 4.74 Å². The Hall–Kier alpha value is -7.62. The van der Waals surface area contributed by atoms with Crippen molar-refractivity contribution >= 4 is 75.9 Å². The van der Waals surface area contributed by atoms with E-state index in [0.717, 1.165) is 28.1 Å². The Bertz CT molecular complexity index is 3660. The van der Waals surface area contributed by atoms with Crippen LogP contribution >= 0.6 is 0 Å². The molecule has 0 fully saturated rings. The summed E-state index contributed by atoms with van der Waals surface area (Å²) in [5, 5.41) is 12.3. The molecule has 0 saturated carbocycles. The molecule has 0 bridgehead atoms. The van der Waals surface area contributed by atoms with Crippen LogP contribution in [0.15, 0.2) is 194 Å². The first-order valence-corrected chi connectivity index (χ1v) is 19.6. The van der Waals surface area contributed by atoms with Crippen molar-refractivity contribution in [3.63, 3.8) is 0 Å². The van der Waals surface area contributed by atoms with Gasteiger partial charge in [0.2, 0.25) is 0 Å². The summed E-state index contributed by atoms with van der Waals surface area (Å²) in [6.07, 6.45) is 0. The molecule has 3 heteroatoms. The van der Waals surface area contributed by atoms with Gasteiger partial charge in [0.25, 0.3) is 0 Å². The second-order valence-electron chi connectivity index (χ2n) is 15.2. The van der Waals surface area contributed by atoms with Gasteiger partial charge in [-0.05, 0) is 105 Å². The van der Waals surface area contributed by atoms with Crippen LogP contribution in [0, 0.1) is 0 Å². The van der Waals surface area contributed by atoms with Crippen molar-refractivity contribution in [2.75, 3.05) is 0 Å². The minimum absolute atomic E-state index is 0.895. The lowest BCUT2D eigenvalue weighted by Crippen LogP contribution is -1.98. The average Bonchev–Trinajstić information content (AvgIpc) is 3.78. The first-order valence-electron chi connectivity index (χ1n) is 19.6. The molecule has 0 atom stereocenters. The topological polar surface area (TPSA) is 19.1 Å². The number of nitrogens with zero attached hydrogens (tertiary/aromatic N) is 2. The van der Waals surface area contributed by atoms with Gasteiger partial charge < -0.3 is 13.9 Å². The van der Waals surface area contributed by atoms with Gasteiger partial charge in [-0.25, -0.2) is 0 Å². The quantitative estimate of drug-likeness (QED) is 0.166. The molecule has 0 spiro atoms. The van der Waals surface area contributed by atoms with Gasteiger partial charge >= 0.3 is 0 Å². The van der Waals surface area contributed by atoms with E-state index in [4.69, 9.17) is 4.74 Å². The zero-order valence-electron chi connectivity index (χ0n) is 30.8. The second-order valence-corrected chi connectivity index (χ2v) is 15.2. The molecule has 264 valence electrons. The number of benzene rings is 10. The molecule has 3 heterocycles. The lowest BCUT2D eigenvalue weighted by molar-refractivity contribution is 0.487. The molecule has 1 aliphatic rings. The number of fused-ring (bicyclic) bond motifs is 12. The van der Waals surface area contributed by atoms with Gasteiger partial charge in [0.15, 0.2) is 0 Å². The van der Waals surface area contributed by atoms with Crippen molar-refractivity contribution in [2.24, 2.45) is 0 Å². The van der Waals surface area contributed by atoms with Crippen LogP contribution in [-0.4, -0.2) is 9.13 Å². The van der Waals surface area contributed by atoms with Crippen LogP contribution in [0.5, 0.6) is 11.5 Å². The Morgan fingerprint density at radius 2 is 0.947 bits per heavy atom. The van der Waals surface area contributed by atoms with Gasteiger partial charge in [-0.2, -0.15) is 0 Å². The molecular weight excluding hydrogens is 693 g/mol. The average molecular weight is 725 g/mol. The smallest absolute Gasteiger partial charge is 0.135 e. The number of aromatic nitrogens is 2. The van der Waals surface area contributed by atoms with Crippen LogP contribution in [0.1, 0.15) is 0 Å². The Morgan fingerprint density at radius 1 is 0.316 bits per heavy atom. The summed E-state index contributed by atoms with van der Waals surface area (Å²) in [6, 6.07) is 70.8. The highest BCUT2D eigenvalue weighted by atomic mass is 16.5. The minimum atomic E-state index is 0.895. The number of rotatable bonds is 3. The van der Waals surface area contributed by atoms with Gasteiger partial charge in [0.1, 0.15) is 11.5 Å². The lowest BCUT2D eigenvalue weighted by atomic mass is 9.91. The second kappa shape index (κ2) is 11.5. The fourth-order valence-electron chi connectivity index (χ4n) is 9.82. The van der Waals surface area contributed by atoms with E-state index in [9.17, 15) is 0 Å². The Kier molecular flexibility index (Phi) is 6.16. The zero-order valence-corrected chi connectivity index (χ0v) is 30.8. The lowest BCUT2D eigenvalue weighted by Gasteiger charge is -2.22. The molecule has 0 N–H and O–H groups in total. The van der Waals surface area contributed by atoms with Crippen molar-refractivity contribution in [3.8, 4) is 45.1 Å². The molecule has 0 amide bonds. The summed E-state index contributed by atoms with van der Waals surface area (Å²) >= 11 is 0. The van der Waals surface area contributed by atoms with E-state index in [-0.39, 0.29) is 0 Å². The number of hydrogen-bond acceptors (Lipinski definition) is 1. The molecule has 10 aromatic carbocycles. The standard InChI is InChI=1S/C54H32N2O/c1-2-14-36(15-3-1)55-48-28-26-34(30-45(48)53-42-21-12-24-52-54(42)44(32-50(53)55)41-20-9-11-23-51(41)57-52)33-25-27-47-43(29-33)40-19-8-10-22-46(40)56(47)49-31-35-13-4-5-16-37(35)38-17-6-7-18-39(38)49/h1-32H. The van der Waals surface area contributed by atoms with Gasteiger partial charge in [0, 0.05) is 43.6 Å². The summed E-state index contributed by atoms with van der Waals surface area (Å²) < 4.78 is 11.4. The molecule has 0 radical (unpaired) electrons. The Morgan fingerprint density at radius 3 is 1.81 bits per heavy atom. The molecule has 1 aliphatic heterocycles. The van der Waals surface area contributed by atoms with E-state index >= 15 is 0 Å². The summed E-state index contributed by atoms with van der Waals surface area (Å²) in [6.45, 7) is 0. The highest BCUT2D eigenvalue weighted by Crippen LogP contribution is 2.51. The molecule has 2 aromatic heterocycles. The number of ether oxygens (including phenoxy) is 1. The minimum Gasteiger partial charge on any atom is -0.456 e. The Balaban J connectivity index is 1.07. The van der Waals surface area contributed by atoms with E-state index in [1.165, 1.54) is 92.9 Å². The van der Waals surface area contributed by atoms with Crippen LogP contribution in [-0.2, 0) is 0 Å².